The fraction of sp³-hybridized carbons (Fsp3) is 0.400. The van der Waals surface area contributed by atoms with Crippen molar-refractivity contribution >= 4 is 10.0 Å². The first kappa shape index (κ1) is 14.0. The molecule has 1 aromatic rings. The molecule has 0 aromatic heterocycles. The van der Waals surface area contributed by atoms with Crippen molar-refractivity contribution in [3.8, 4) is 0 Å². The molecule has 0 unspecified atom stereocenters. The van der Waals surface area contributed by atoms with E-state index in [2.05, 4.69) is 0 Å². The van der Waals surface area contributed by atoms with Crippen LogP contribution in [0, 0.1) is 0 Å². The molecule has 0 saturated carbocycles. The molecular formula is C10H13F2NO3S. The fourth-order valence-corrected chi connectivity index (χ4v) is 2.28. The number of aliphatic hydroxyl groups is 1. The number of rotatable bonds is 6. The second-order valence-corrected chi connectivity index (χ2v) is 5.39. The summed E-state index contributed by atoms with van der Waals surface area (Å²) in [6.07, 6.45) is 0. The minimum atomic E-state index is -3.82. The summed E-state index contributed by atoms with van der Waals surface area (Å²) in [7, 11) is -3.82. The Morgan fingerprint density at radius 3 is 2.35 bits per heavy atom. The van der Waals surface area contributed by atoms with Gasteiger partial charge in [0.2, 0.25) is 10.0 Å². The Balaban J connectivity index is 2.59. The molecule has 17 heavy (non-hydrogen) atoms. The highest BCUT2D eigenvalue weighted by Crippen LogP contribution is 2.11. The lowest BCUT2D eigenvalue weighted by molar-refractivity contribution is -0.0437. The van der Waals surface area contributed by atoms with Crippen LogP contribution in [0.1, 0.15) is 5.56 Å². The second kappa shape index (κ2) is 5.52. The molecule has 0 saturated heterocycles. The van der Waals surface area contributed by atoms with Gasteiger partial charge >= 0.3 is 0 Å². The average molecular weight is 265 g/mol. The van der Waals surface area contributed by atoms with Crippen LogP contribution in [-0.2, 0) is 15.8 Å². The molecule has 0 radical (unpaired) electrons. The monoisotopic (exact) mass is 265 g/mol. The Labute approximate surface area is 98.3 Å². The van der Waals surface area contributed by atoms with Crippen molar-refractivity contribution in [3.63, 3.8) is 0 Å². The van der Waals surface area contributed by atoms with Crippen LogP contribution in [0.4, 0.5) is 8.78 Å². The van der Waals surface area contributed by atoms with Crippen LogP contribution in [0.5, 0.6) is 0 Å². The zero-order chi connectivity index (χ0) is 12.9. The van der Waals surface area contributed by atoms with E-state index in [0.717, 1.165) is 0 Å². The molecule has 2 N–H and O–H groups in total. The second-order valence-electron chi connectivity index (χ2n) is 3.58. The van der Waals surface area contributed by atoms with Crippen molar-refractivity contribution in [2.45, 2.75) is 11.7 Å². The summed E-state index contributed by atoms with van der Waals surface area (Å²) in [6.45, 7) is -2.49. The number of sulfonamides is 1. The van der Waals surface area contributed by atoms with Crippen molar-refractivity contribution in [1.29, 1.82) is 0 Å². The third-order valence-corrected chi connectivity index (χ3v) is 3.28. The quantitative estimate of drug-likeness (QED) is 0.797. The summed E-state index contributed by atoms with van der Waals surface area (Å²) >= 11 is 0. The number of benzene rings is 1. The molecule has 0 bridgehead atoms. The lowest BCUT2D eigenvalue weighted by atomic mass is 10.2. The predicted molar refractivity (Wildman–Crippen MR) is 59.1 cm³/mol. The van der Waals surface area contributed by atoms with Crippen LogP contribution >= 0.6 is 0 Å². The number of nitrogens with one attached hydrogen (secondary N) is 1. The SMILES string of the molecule is O=S(=O)(Cc1ccccc1)NCC(F)(F)CO. The highest BCUT2D eigenvalue weighted by atomic mass is 32.2. The summed E-state index contributed by atoms with van der Waals surface area (Å²) in [4.78, 5) is 0. The van der Waals surface area contributed by atoms with Gasteiger partial charge in [0.25, 0.3) is 5.92 Å². The largest absolute Gasteiger partial charge is 0.390 e. The Morgan fingerprint density at radius 2 is 1.82 bits per heavy atom. The van der Waals surface area contributed by atoms with Crippen molar-refractivity contribution in [1.82, 2.24) is 4.72 Å². The first-order valence-corrected chi connectivity index (χ1v) is 6.50. The lowest BCUT2D eigenvalue weighted by Crippen LogP contribution is -2.39. The topological polar surface area (TPSA) is 66.4 Å². The van der Waals surface area contributed by atoms with Gasteiger partial charge < -0.3 is 5.11 Å². The number of halogens is 2. The zero-order valence-electron chi connectivity index (χ0n) is 8.94. The third-order valence-electron chi connectivity index (χ3n) is 1.98. The number of alkyl halides is 2. The molecule has 0 aliphatic rings. The maximum absolute atomic E-state index is 12.6. The summed E-state index contributed by atoms with van der Waals surface area (Å²) < 4.78 is 49.9. The van der Waals surface area contributed by atoms with Crippen molar-refractivity contribution in [3.05, 3.63) is 35.9 Å². The number of hydrogen-bond donors (Lipinski definition) is 2. The van der Waals surface area contributed by atoms with Gasteiger partial charge in [-0.05, 0) is 5.56 Å². The molecule has 96 valence electrons. The molecule has 0 atom stereocenters. The molecule has 4 nitrogen and oxygen atoms in total. The normalized spacial score (nSPS) is 12.6. The summed E-state index contributed by atoms with van der Waals surface area (Å²) in [6, 6.07) is 8.22. The van der Waals surface area contributed by atoms with Crippen LogP contribution in [0.15, 0.2) is 30.3 Å². The van der Waals surface area contributed by atoms with Crippen LogP contribution < -0.4 is 4.72 Å². The van der Waals surface area contributed by atoms with E-state index in [9.17, 15) is 17.2 Å². The first-order valence-electron chi connectivity index (χ1n) is 4.85. The van der Waals surface area contributed by atoms with Crippen molar-refractivity contribution in [2.75, 3.05) is 13.2 Å². The molecule has 0 aliphatic carbocycles. The maximum atomic E-state index is 12.6. The maximum Gasteiger partial charge on any atom is 0.283 e. The first-order chi connectivity index (χ1) is 7.85. The van der Waals surface area contributed by atoms with Crippen LogP contribution in [-0.4, -0.2) is 32.6 Å². The van der Waals surface area contributed by atoms with Gasteiger partial charge in [-0.15, -0.1) is 0 Å². The fourth-order valence-electron chi connectivity index (χ4n) is 1.12. The van der Waals surface area contributed by atoms with E-state index < -0.39 is 29.1 Å². The van der Waals surface area contributed by atoms with Gasteiger partial charge in [0.15, 0.2) is 0 Å². The minimum Gasteiger partial charge on any atom is -0.390 e. The molecule has 1 rings (SSSR count). The molecule has 0 fully saturated rings. The molecular weight excluding hydrogens is 252 g/mol. The minimum absolute atomic E-state index is 0.366. The summed E-state index contributed by atoms with van der Waals surface area (Å²) in [5.41, 5.74) is 0.507. The Hall–Kier alpha value is -1.05. The molecule has 0 amide bonds. The van der Waals surface area contributed by atoms with E-state index in [0.29, 0.717) is 5.56 Å². The van der Waals surface area contributed by atoms with Crippen molar-refractivity contribution in [2.24, 2.45) is 0 Å². The molecule has 0 heterocycles. The van der Waals surface area contributed by atoms with Gasteiger partial charge in [0, 0.05) is 0 Å². The van der Waals surface area contributed by atoms with Gasteiger partial charge in [-0.3, -0.25) is 0 Å². The highest BCUT2D eigenvalue weighted by Gasteiger charge is 2.29. The van der Waals surface area contributed by atoms with Crippen LogP contribution in [0.3, 0.4) is 0 Å². The number of hydrogen-bond acceptors (Lipinski definition) is 3. The van der Waals surface area contributed by atoms with E-state index in [4.69, 9.17) is 5.11 Å². The Morgan fingerprint density at radius 1 is 1.24 bits per heavy atom. The third kappa shape index (κ3) is 5.20. The predicted octanol–water partition coefficient (Wildman–Crippen LogP) is 0.734. The van der Waals surface area contributed by atoms with Crippen molar-refractivity contribution < 1.29 is 22.3 Å². The summed E-state index contributed by atoms with van der Waals surface area (Å²) in [5.74, 6) is -3.81. The van der Waals surface area contributed by atoms with Gasteiger partial charge in [0.05, 0.1) is 12.3 Å². The average Bonchev–Trinajstić information content (AvgIpc) is 2.28. The summed E-state index contributed by atoms with van der Waals surface area (Å²) in [5, 5.41) is 8.30. The van der Waals surface area contributed by atoms with Gasteiger partial charge in [-0.2, -0.15) is 0 Å². The zero-order valence-corrected chi connectivity index (χ0v) is 9.75. The smallest absolute Gasteiger partial charge is 0.283 e. The van der Waals surface area contributed by atoms with Gasteiger partial charge in [-0.1, -0.05) is 30.3 Å². The molecule has 0 spiro atoms. The Bertz CT molecular complexity index is 448. The van der Waals surface area contributed by atoms with Crippen LogP contribution in [0.25, 0.3) is 0 Å². The van der Waals surface area contributed by atoms with E-state index in [1.54, 1.807) is 35.1 Å². The van der Waals surface area contributed by atoms with E-state index in [1.807, 2.05) is 0 Å². The highest BCUT2D eigenvalue weighted by molar-refractivity contribution is 7.88. The lowest BCUT2D eigenvalue weighted by Gasteiger charge is -2.14. The van der Waals surface area contributed by atoms with E-state index in [-0.39, 0.29) is 5.75 Å². The molecule has 1 aromatic carbocycles. The van der Waals surface area contributed by atoms with Gasteiger partial charge in [0.1, 0.15) is 6.61 Å². The van der Waals surface area contributed by atoms with Gasteiger partial charge in [-0.25, -0.2) is 21.9 Å². The number of aliphatic hydroxyl groups excluding tert-OH is 1. The molecule has 7 heteroatoms. The van der Waals surface area contributed by atoms with E-state index in [1.165, 1.54) is 0 Å². The Kier molecular flexibility index (Phi) is 4.55. The molecule has 0 aliphatic heterocycles. The van der Waals surface area contributed by atoms with Crippen LogP contribution in [0.2, 0.25) is 0 Å². The standard InChI is InChI=1S/C10H13F2NO3S/c11-10(12,8-14)7-13-17(15,16)6-9-4-2-1-3-5-9/h1-5,13-14H,6-8H2. The van der Waals surface area contributed by atoms with E-state index >= 15 is 0 Å².